The SMILES string of the molecule is COc1ccccc1C(=O)CCC(=O)Nc1nc2scc(-c3ccc(Cl)cc3Cl)n2n1. The van der Waals surface area contributed by atoms with Crippen molar-refractivity contribution in [2.45, 2.75) is 12.8 Å². The van der Waals surface area contributed by atoms with Gasteiger partial charge in [0.25, 0.3) is 0 Å². The van der Waals surface area contributed by atoms with Crippen molar-refractivity contribution >= 4 is 57.1 Å². The molecule has 0 fully saturated rings. The molecule has 0 radical (unpaired) electrons. The Balaban J connectivity index is 1.45. The lowest BCUT2D eigenvalue weighted by Gasteiger charge is -2.06. The summed E-state index contributed by atoms with van der Waals surface area (Å²) in [5.41, 5.74) is 1.94. The number of benzene rings is 2. The second-order valence-electron chi connectivity index (χ2n) is 6.55. The van der Waals surface area contributed by atoms with Gasteiger partial charge in [-0.15, -0.1) is 16.4 Å². The number of ether oxygens (including phenoxy) is 1. The largest absolute Gasteiger partial charge is 0.496 e. The van der Waals surface area contributed by atoms with Gasteiger partial charge in [0.15, 0.2) is 5.78 Å². The summed E-state index contributed by atoms with van der Waals surface area (Å²) >= 11 is 13.6. The molecular weight excluding hydrogens is 459 g/mol. The highest BCUT2D eigenvalue weighted by molar-refractivity contribution is 7.15. The predicted octanol–water partition coefficient (Wildman–Crippen LogP) is 5.37. The predicted molar refractivity (Wildman–Crippen MR) is 122 cm³/mol. The van der Waals surface area contributed by atoms with Gasteiger partial charge >= 0.3 is 0 Å². The summed E-state index contributed by atoms with van der Waals surface area (Å²) in [5.74, 6) is 0.115. The number of thiazole rings is 1. The molecule has 0 spiro atoms. The number of para-hydroxylation sites is 1. The fraction of sp³-hybridized carbons (Fsp3) is 0.143. The molecule has 0 bridgehead atoms. The average Bonchev–Trinajstić information content (AvgIpc) is 3.32. The van der Waals surface area contributed by atoms with Crippen molar-refractivity contribution in [3.63, 3.8) is 0 Å². The number of fused-ring (bicyclic) bond motifs is 1. The van der Waals surface area contributed by atoms with Crippen molar-refractivity contribution < 1.29 is 14.3 Å². The number of carbonyl (C=O) groups is 2. The molecule has 4 rings (SSSR count). The molecule has 2 aromatic heterocycles. The lowest BCUT2D eigenvalue weighted by molar-refractivity contribution is -0.116. The molecule has 0 aliphatic rings. The van der Waals surface area contributed by atoms with E-state index in [4.69, 9.17) is 27.9 Å². The third-order valence-corrected chi connectivity index (χ3v) is 5.89. The number of halogens is 2. The van der Waals surface area contributed by atoms with E-state index in [1.54, 1.807) is 47.0 Å². The normalized spacial score (nSPS) is 10.9. The molecule has 0 unspecified atom stereocenters. The number of Topliss-reactive ketones (excluding diaryl/α,β-unsaturated/α-hetero) is 1. The summed E-state index contributed by atoms with van der Waals surface area (Å²) in [6, 6.07) is 12.1. The van der Waals surface area contributed by atoms with Gasteiger partial charge in [-0.3, -0.25) is 14.9 Å². The zero-order valence-electron chi connectivity index (χ0n) is 16.3. The molecular formula is C21H16Cl2N4O3S. The Morgan fingerprint density at radius 3 is 2.74 bits per heavy atom. The monoisotopic (exact) mass is 474 g/mol. The number of rotatable bonds is 7. The van der Waals surface area contributed by atoms with Crippen LogP contribution in [0, 0.1) is 0 Å². The van der Waals surface area contributed by atoms with Crippen LogP contribution in [0.15, 0.2) is 47.8 Å². The smallest absolute Gasteiger partial charge is 0.250 e. The van der Waals surface area contributed by atoms with Crippen molar-refractivity contribution in [1.29, 1.82) is 0 Å². The highest BCUT2D eigenvalue weighted by Gasteiger charge is 2.17. The maximum atomic E-state index is 12.4. The molecule has 0 saturated carbocycles. The first kappa shape index (κ1) is 21.3. The molecule has 1 amide bonds. The van der Waals surface area contributed by atoms with Crippen LogP contribution in [0.25, 0.3) is 16.2 Å². The summed E-state index contributed by atoms with van der Waals surface area (Å²) in [5, 5.41) is 9.90. The highest BCUT2D eigenvalue weighted by Crippen LogP contribution is 2.33. The summed E-state index contributed by atoms with van der Waals surface area (Å²) < 4.78 is 6.80. The Kier molecular flexibility index (Phi) is 6.22. The van der Waals surface area contributed by atoms with Crippen LogP contribution in [-0.2, 0) is 4.79 Å². The second-order valence-corrected chi connectivity index (χ2v) is 8.23. The average molecular weight is 475 g/mol. The van der Waals surface area contributed by atoms with E-state index in [-0.39, 0.29) is 30.5 Å². The van der Waals surface area contributed by atoms with E-state index in [1.165, 1.54) is 18.4 Å². The summed E-state index contributed by atoms with van der Waals surface area (Å²) in [7, 11) is 1.50. The number of nitrogens with one attached hydrogen (secondary N) is 1. The minimum Gasteiger partial charge on any atom is -0.496 e. The first-order valence-corrected chi connectivity index (χ1v) is 10.9. The van der Waals surface area contributed by atoms with Crippen molar-refractivity contribution in [3.05, 3.63) is 63.5 Å². The number of hydrogen-bond acceptors (Lipinski definition) is 6. The van der Waals surface area contributed by atoms with Crippen LogP contribution >= 0.6 is 34.5 Å². The Bertz CT molecular complexity index is 1280. The Morgan fingerprint density at radius 2 is 1.97 bits per heavy atom. The number of nitrogens with zero attached hydrogens (tertiary/aromatic N) is 3. The number of amides is 1. The number of aromatic nitrogens is 3. The van der Waals surface area contributed by atoms with Crippen LogP contribution in [0.1, 0.15) is 23.2 Å². The van der Waals surface area contributed by atoms with Gasteiger partial charge in [0, 0.05) is 28.8 Å². The topological polar surface area (TPSA) is 85.6 Å². The molecule has 7 nitrogen and oxygen atoms in total. The molecule has 31 heavy (non-hydrogen) atoms. The van der Waals surface area contributed by atoms with Gasteiger partial charge in [-0.25, -0.2) is 4.52 Å². The number of carbonyl (C=O) groups excluding carboxylic acids is 2. The van der Waals surface area contributed by atoms with Crippen LogP contribution < -0.4 is 10.1 Å². The Labute approximate surface area is 191 Å². The van der Waals surface area contributed by atoms with E-state index in [2.05, 4.69) is 15.4 Å². The fourth-order valence-corrected chi connectivity index (χ4v) is 4.37. The molecule has 2 aromatic carbocycles. The first-order valence-electron chi connectivity index (χ1n) is 9.22. The van der Waals surface area contributed by atoms with Gasteiger partial charge in [0.1, 0.15) is 5.75 Å². The third kappa shape index (κ3) is 4.56. The Morgan fingerprint density at radius 1 is 1.16 bits per heavy atom. The van der Waals surface area contributed by atoms with Crippen LogP contribution in [0.4, 0.5) is 5.95 Å². The molecule has 4 aromatic rings. The zero-order valence-corrected chi connectivity index (χ0v) is 18.6. The minimum atomic E-state index is -0.354. The lowest BCUT2D eigenvalue weighted by atomic mass is 10.1. The van der Waals surface area contributed by atoms with Crippen molar-refractivity contribution in [3.8, 4) is 17.0 Å². The van der Waals surface area contributed by atoms with E-state index in [9.17, 15) is 9.59 Å². The standard InChI is InChI=1S/C21H16Cl2N4O3S/c1-30-18-5-3-2-4-14(18)17(28)8-9-19(29)24-20-25-21-27(26-20)16(11-31-21)13-7-6-12(22)10-15(13)23/h2-7,10-11H,8-9H2,1H3,(H,24,26,29). The van der Waals surface area contributed by atoms with Crippen molar-refractivity contribution in [2.24, 2.45) is 0 Å². The van der Waals surface area contributed by atoms with E-state index in [0.717, 1.165) is 11.3 Å². The van der Waals surface area contributed by atoms with Crippen LogP contribution in [0.5, 0.6) is 5.75 Å². The first-order chi connectivity index (χ1) is 15.0. The number of methoxy groups -OCH3 is 1. The maximum absolute atomic E-state index is 12.4. The molecule has 0 atom stereocenters. The second kappa shape index (κ2) is 9.05. The molecule has 1 N–H and O–H groups in total. The van der Waals surface area contributed by atoms with Crippen molar-refractivity contribution in [1.82, 2.24) is 14.6 Å². The summed E-state index contributed by atoms with van der Waals surface area (Å²) in [6.07, 6.45) is 0.0413. The number of ketones is 1. The van der Waals surface area contributed by atoms with Gasteiger partial charge in [0.2, 0.25) is 16.8 Å². The van der Waals surface area contributed by atoms with Crippen LogP contribution in [0.3, 0.4) is 0 Å². The van der Waals surface area contributed by atoms with E-state index < -0.39 is 0 Å². The minimum absolute atomic E-state index is 0.000390. The molecule has 0 saturated heterocycles. The van der Waals surface area contributed by atoms with Gasteiger partial charge < -0.3 is 4.74 Å². The van der Waals surface area contributed by atoms with Crippen LogP contribution in [0.2, 0.25) is 10.0 Å². The van der Waals surface area contributed by atoms with E-state index >= 15 is 0 Å². The van der Waals surface area contributed by atoms with E-state index in [0.29, 0.717) is 26.3 Å². The molecule has 0 aliphatic carbocycles. The number of anilines is 1. The molecule has 0 aliphatic heterocycles. The summed E-state index contributed by atoms with van der Waals surface area (Å²) in [6.45, 7) is 0. The molecule has 10 heteroatoms. The lowest BCUT2D eigenvalue weighted by Crippen LogP contribution is -2.15. The quantitative estimate of drug-likeness (QED) is 0.363. The zero-order chi connectivity index (χ0) is 22.0. The van der Waals surface area contributed by atoms with Crippen molar-refractivity contribution in [2.75, 3.05) is 12.4 Å². The highest BCUT2D eigenvalue weighted by atomic mass is 35.5. The van der Waals surface area contributed by atoms with Gasteiger partial charge in [0.05, 0.1) is 23.4 Å². The summed E-state index contributed by atoms with van der Waals surface area (Å²) in [4.78, 5) is 29.7. The fourth-order valence-electron chi connectivity index (χ4n) is 3.04. The third-order valence-electron chi connectivity index (χ3n) is 4.53. The number of hydrogen-bond donors (Lipinski definition) is 1. The van der Waals surface area contributed by atoms with Gasteiger partial charge in [-0.2, -0.15) is 4.98 Å². The molecule has 158 valence electrons. The van der Waals surface area contributed by atoms with Gasteiger partial charge in [-0.05, 0) is 30.3 Å². The Hall–Kier alpha value is -2.94. The van der Waals surface area contributed by atoms with E-state index in [1.807, 2.05) is 5.38 Å². The van der Waals surface area contributed by atoms with Gasteiger partial charge in [-0.1, -0.05) is 35.3 Å². The van der Waals surface area contributed by atoms with Crippen LogP contribution in [-0.4, -0.2) is 33.4 Å². The molecule has 2 heterocycles. The maximum Gasteiger partial charge on any atom is 0.250 e.